The SMILES string of the molecule is CCOC(=O)c1cc(C)c2c(c1SC)C(OC)CCC2. The molecule has 1 aromatic rings. The molecule has 0 N–H and O–H groups in total. The van der Waals surface area contributed by atoms with Crippen molar-refractivity contribution in [2.24, 2.45) is 0 Å². The molecule has 110 valence electrons. The summed E-state index contributed by atoms with van der Waals surface area (Å²) < 4.78 is 10.8. The number of carbonyl (C=O) groups is 1. The Morgan fingerprint density at radius 3 is 2.85 bits per heavy atom. The summed E-state index contributed by atoms with van der Waals surface area (Å²) in [7, 11) is 1.75. The van der Waals surface area contributed by atoms with Crippen LogP contribution in [0.1, 0.15) is 52.9 Å². The zero-order valence-corrected chi connectivity index (χ0v) is 13.4. The lowest BCUT2D eigenvalue weighted by atomic mass is 9.85. The number of hydrogen-bond donors (Lipinski definition) is 0. The van der Waals surface area contributed by atoms with Crippen LogP contribution in [0.2, 0.25) is 0 Å². The van der Waals surface area contributed by atoms with E-state index in [0.29, 0.717) is 12.2 Å². The van der Waals surface area contributed by atoms with Crippen molar-refractivity contribution in [1.29, 1.82) is 0 Å². The summed E-state index contributed by atoms with van der Waals surface area (Å²) in [5.41, 5.74) is 4.40. The van der Waals surface area contributed by atoms with Gasteiger partial charge in [-0.3, -0.25) is 0 Å². The van der Waals surface area contributed by atoms with Gasteiger partial charge in [-0.2, -0.15) is 0 Å². The molecule has 1 aliphatic carbocycles. The van der Waals surface area contributed by atoms with E-state index in [2.05, 4.69) is 6.92 Å². The Hall–Kier alpha value is -1.00. The number of fused-ring (bicyclic) bond motifs is 1. The minimum Gasteiger partial charge on any atom is -0.462 e. The van der Waals surface area contributed by atoms with Crippen LogP contribution in [0.15, 0.2) is 11.0 Å². The molecule has 0 amide bonds. The van der Waals surface area contributed by atoms with Gasteiger partial charge >= 0.3 is 5.97 Å². The van der Waals surface area contributed by atoms with Crippen molar-refractivity contribution in [2.75, 3.05) is 20.0 Å². The summed E-state index contributed by atoms with van der Waals surface area (Å²) in [5.74, 6) is -0.233. The van der Waals surface area contributed by atoms with Crippen LogP contribution in [0.4, 0.5) is 0 Å². The van der Waals surface area contributed by atoms with E-state index in [0.717, 1.165) is 24.2 Å². The largest absolute Gasteiger partial charge is 0.462 e. The number of methoxy groups -OCH3 is 1. The molecule has 1 aliphatic rings. The number of ether oxygens (including phenoxy) is 2. The van der Waals surface area contributed by atoms with Gasteiger partial charge in [0.1, 0.15) is 0 Å². The summed E-state index contributed by atoms with van der Waals surface area (Å²) in [6, 6.07) is 1.97. The van der Waals surface area contributed by atoms with Gasteiger partial charge < -0.3 is 9.47 Å². The van der Waals surface area contributed by atoms with Crippen LogP contribution in [0, 0.1) is 6.92 Å². The predicted octanol–water partition coefficient (Wildman–Crippen LogP) is 3.92. The molecule has 1 unspecified atom stereocenters. The first-order valence-electron chi connectivity index (χ1n) is 7.04. The third kappa shape index (κ3) is 2.72. The maximum absolute atomic E-state index is 12.2. The fraction of sp³-hybridized carbons (Fsp3) is 0.562. The molecule has 0 aliphatic heterocycles. The molecule has 1 atom stereocenters. The molecular weight excluding hydrogens is 272 g/mol. The number of carbonyl (C=O) groups excluding carboxylic acids is 1. The summed E-state index contributed by atoms with van der Waals surface area (Å²) in [6.07, 6.45) is 5.32. The second kappa shape index (κ2) is 6.64. The number of aryl methyl sites for hydroxylation is 1. The molecule has 2 rings (SSSR count). The molecule has 0 fully saturated rings. The maximum atomic E-state index is 12.2. The quantitative estimate of drug-likeness (QED) is 0.623. The Morgan fingerprint density at radius 1 is 1.50 bits per heavy atom. The van der Waals surface area contributed by atoms with Gasteiger partial charge in [0.15, 0.2) is 0 Å². The number of esters is 1. The van der Waals surface area contributed by atoms with Gasteiger partial charge in [-0.15, -0.1) is 11.8 Å². The summed E-state index contributed by atoms with van der Waals surface area (Å²) in [4.78, 5) is 13.2. The number of hydrogen-bond acceptors (Lipinski definition) is 4. The second-order valence-corrected chi connectivity index (χ2v) is 5.82. The van der Waals surface area contributed by atoms with Crippen molar-refractivity contribution in [3.05, 3.63) is 28.3 Å². The van der Waals surface area contributed by atoms with Crippen molar-refractivity contribution in [3.63, 3.8) is 0 Å². The normalized spacial score (nSPS) is 17.7. The lowest BCUT2D eigenvalue weighted by Crippen LogP contribution is -2.17. The van der Waals surface area contributed by atoms with Gasteiger partial charge in [-0.25, -0.2) is 4.79 Å². The molecule has 4 heteroatoms. The molecule has 20 heavy (non-hydrogen) atoms. The first-order valence-corrected chi connectivity index (χ1v) is 8.26. The Bertz CT molecular complexity index is 511. The van der Waals surface area contributed by atoms with E-state index >= 15 is 0 Å². The molecule has 0 saturated heterocycles. The van der Waals surface area contributed by atoms with Gasteiger partial charge in [0.2, 0.25) is 0 Å². The van der Waals surface area contributed by atoms with Crippen LogP contribution in [0.25, 0.3) is 0 Å². The molecule has 0 saturated carbocycles. The van der Waals surface area contributed by atoms with Crippen molar-refractivity contribution < 1.29 is 14.3 Å². The van der Waals surface area contributed by atoms with E-state index in [4.69, 9.17) is 9.47 Å². The molecule has 0 aromatic heterocycles. The first kappa shape index (κ1) is 15.4. The molecule has 3 nitrogen and oxygen atoms in total. The molecule has 0 bridgehead atoms. The van der Waals surface area contributed by atoms with Crippen LogP contribution >= 0.6 is 11.8 Å². The van der Waals surface area contributed by atoms with E-state index in [9.17, 15) is 4.79 Å². The van der Waals surface area contributed by atoms with Gasteiger partial charge in [0.05, 0.1) is 18.3 Å². The lowest BCUT2D eigenvalue weighted by molar-refractivity contribution is 0.0519. The average Bonchev–Trinajstić information content (AvgIpc) is 2.46. The molecule has 0 heterocycles. The molecule has 0 spiro atoms. The number of rotatable bonds is 4. The maximum Gasteiger partial charge on any atom is 0.339 e. The minimum absolute atomic E-state index is 0.0919. The van der Waals surface area contributed by atoms with E-state index in [-0.39, 0.29) is 12.1 Å². The van der Waals surface area contributed by atoms with Gasteiger partial charge in [0, 0.05) is 12.0 Å². The van der Waals surface area contributed by atoms with Crippen LogP contribution in [0.3, 0.4) is 0 Å². The van der Waals surface area contributed by atoms with E-state index in [1.807, 2.05) is 19.2 Å². The zero-order chi connectivity index (χ0) is 14.7. The third-order valence-electron chi connectivity index (χ3n) is 3.85. The molecule has 1 aromatic carbocycles. The van der Waals surface area contributed by atoms with Crippen molar-refractivity contribution in [2.45, 2.75) is 44.1 Å². The highest BCUT2D eigenvalue weighted by atomic mass is 32.2. The van der Waals surface area contributed by atoms with Crippen LogP contribution in [0.5, 0.6) is 0 Å². The Morgan fingerprint density at radius 2 is 2.25 bits per heavy atom. The van der Waals surface area contributed by atoms with Gasteiger partial charge in [-0.05, 0) is 62.1 Å². The Kier molecular flexibility index (Phi) is 5.11. The monoisotopic (exact) mass is 294 g/mol. The van der Waals surface area contributed by atoms with E-state index in [1.54, 1.807) is 18.9 Å². The van der Waals surface area contributed by atoms with Crippen LogP contribution in [-0.2, 0) is 15.9 Å². The molecule has 0 radical (unpaired) electrons. The fourth-order valence-corrected chi connectivity index (χ4v) is 3.80. The van der Waals surface area contributed by atoms with Crippen molar-refractivity contribution >= 4 is 17.7 Å². The Balaban J connectivity index is 2.61. The van der Waals surface area contributed by atoms with Gasteiger partial charge in [0.25, 0.3) is 0 Å². The summed E-state index contributed by atoms with van der Waals surface area (Å²) >= 11 is 1.61. The zero-order valence-electron chi connectivity index (χ0n) is 12.6. The highest BCUT2D eigenvalue weighted by molar-refractivity contribution is 7.98. The topological polar surface area (TPSA) is 35.5 Å². The summed E-state index contributed by atoms with van der Waals surface area (Å²) in [6.45, 7) is 4.31. The number of benzene rings is 1. The summed E-state index contributed by atoms with van der Waals surface area (Å²) in [5, 5.41) is 0. The predicted molar refractivity (Wildman–Crippen MR) is 81.6 cm³/mol. The average molecular weight is 294 g/mol. The standard InChI is InChI=1S/C16H22O3S/c1-5-19-16(17)12-9-10(2)11-7-6-8-13(18-3)14(11)15(12)20-4/h9,13H,5-8H2,1-4H3. The highest BCUT2D eigenvalue weighted by Crippen LogP contribution is 2.41. The minimum atomic E-state index is -0.233. The van der Waals surface area contributed by atoms with Crippen molar-refractivity contribution in [1.82, 2.24) is 0 Å². The first-order chi connectivity index (χ1) is 9.63. The van der Waals surface area contributed by atoms with Crippen LogP contribution < -0.4 is 0 Å². The Labute approximate surface area is 125 Å². The van der Waals surface area contributed by atoms with E-state index < -0.39 is 0 Å². The highest BCUT2D eigenvalue weighted by Gasteiger charge is 2.28. The molecular formula is C16H22O3S. The third-order valence-corrected chi connectivity index (χ3v) is 4.70. The van der Waals surface area contributed by atoms with Crippen LogP contribution in [-0.4, -0.2) is 25.9 Å². The second-order valence-electron chi connectivity index (χ2n) is 5.00. The fourth-order valence-electron chi connectivity index (χ4n) is 2.96. The smallest absolute Gasteiger partial charge is 0.339 e. The van der Waals surface area contributed by atoms with Crippen molar-refractivity contribution in [3.8, 4) is 0 Å². The number of thioether (sulfide) groups is 1. The van der Waals surface area contributed by atoms with E-state index in [1.165, 1.54) is 16.7 Å². The lowest BCUT2D eigenvalue weighted by Gasteiger charge is -2.29. The van der Waals surface area contributed by atoms with Gasteiger partial charge in [-0.1, -0.05) is 0 Å².